The van der Waals surface area contributed by atoms with Crippen LogP contribution >= 0.6 is 0 Å². The highest BCUT2D eigenvalue weighted by Gasteiger charge is 2.36. The number of hydrogen-bond acceptors (Lipinski definition) is 2. The molecule has 0 unspecified atom stereocenters. The van der Waals surface area contributed by atoms with Gasteiger partial charge in [0.2, 0.25) is 5.91 Å². The molecule has 0 radical (unpaired) electrons. The number of carbonyl (C=O) groups excluding carboxylic acids is 1. The largest absolute Gasteiger partial charge is 0.481 e. The van der Waals surface area contributed by atoms with Crippen LogP contribution in [0.3, 0.4) is 0 Å². The van der Waals surface area contributed by atoms with Crippen LogP contribution in [0.1, 0.15) is 45.4 Å². The number of nitrogens with one attached hydrogen (secondary N) is 1. The molecule has 0 aromatic carbocycles. The summed E-state index contributed by atoms with van der Waals surface area (Å²) in [5, 5.41) is 11.6. The maximum absolute atomic E-state index is 11.3. The maximum atomic E-state index is 11.3. The summed E-state index contributed by atoms with van der Waals surface area (Å²) < 4.78 is 0. The van der Waals surface area contributed by atoms with Crippen LogP contribution in [0.5, 0.6) is 0 Å². The Morgan fingerprint density at radius 3 is 2.36 bits per heavy atom. The fourth-order valence-corrected chi connectivity index (χ4v) is 2.07. The summed E-state index contributed by atoms with van der Waals surface area (Å²) in [5.74, 6) is -0.878. The Labute approximate surface area is 83.7 Å². The number of amides is 1. The standard InChI is InChI=1S/C10H17NO3/c1-2-8(12)11-10(7-9(13)14)5-3-4-6-10/h2-7H2,1H3,(H,11,12)(H,13,14). The van der Waals surface area contributed by atoms with Gasteiger partial charge in [-0.3, -0.25) is 9.59 Å². The predicted octanol–water partition coefficient (Wildman–Crippen LogP) is 1.30. The molecule has 14 heavy (non-hydrogen) atoms. The highest BCUT2D eigenvalue weighted by Crippen LogP contribution is 2.32. The van der Waals surface area contributed by atoms with E-state index in [1.54, 1.807) is 6.92 Å². The number of carboxylic acid groups (broad SMARTS) is 1. The minimum absolute atomic E-state index is 0.0480. The van der Waals surface area contributed by atoms with E-state index in [4.69, 9.17) is 5.11 Å². The summed E-state index contributed by atoms with van der Waals surface area (Å²) in [4.78, 5) is 21.9. The van der Waals surface area contributed by atoms with Crippen LogP contribution in [-0.2, 0) is 9.59 Å². The smallest absolute Gasteiger partial charge is 0.305 e. The normalized spacial score (nSPS) is 19.2. The molecule has 2 N–H and O–H groups in total. The molecule has 0 atom stereocenters. The van der Waals surface area contributed by atoms with Crippen LogP contribution in [0, 0.1) is 0 Å². The van der Waals surface area contributed by atoms with Crippen molar-refractivity contribution in [2.45, 2.75) is 51.0 Å². The molecule has 0 aliphatic heterocycles. The van der Waals surface area contributed by atoms with E-state index in [1.807, 2.05) is 0 Å². The van der Waals surface area contributed by atoms with Crippen molar-refractivity contribution >= 4 is 11.9 Å². The molecule has 0 saturated heterocycles. The van der Waals surface area contributed by atoms with Crippen LogP contribution in [0.15, 0.2) is 0 Å². The fourth-order valence-electron chi connectivity index (χ4n) is 2.07. The zero-order valence-electron chi connectivity index (χ0n) is 8.51. The zero-order chi connectivity index (χ0) is 10.6. The van der Waals surface area contributed by atoms with Crippen LogP contribution < -0.4 is 5.32 Å². The van der Waals surface area contributed by atoms with E-state index >= 15 is 0 Å². The van der Waals surface area contributed by atoms with Gasteiger partial charge in [0.05, 0.1) is 12.0 Å². The van der Waals surface area contributed by atoms with Gasteiger partial charge in [0.25, 0.3) is 0 Å². The lowest BCUT2D eigenvalue weighted by atomic mass is 9.93. The highest BCUT2D eigenvalue weighted by atomic mass is 16.4. The molecular weight excluding hydrogens is 182 g/mol. The lowest BCUT2D eigenvalue weighted by Gasteiger charge is -2.28. The molecule has 4 heteroatoms. The van der Waals surface area contributed by atoms with Crippen molar-refractivity contribution in [1.82, 2.24) is 5.32 Å². The molecule has 0 aromatic heterocycles. The third-order valence-corrected chi connectivity index (χ3v) is 2.78. The molecule has 4 nitrogen and oxygen atoms in total. The fraction of sp³-hybridized carbons (Fsp3) is 0.800. The van der Waals surface area contributed by atoms with Crippen molar-refractivity contribution in [2.24, 2.45) is 0 Å². The number of carbonyl (C=O) groups is 2. The average molecular weight is 199 g/mol. The second kappa shape index (κ2) is 4.44. The number of hydrogen-bond donors (Lipinski definition) is 2. The van der Waals surface area contributed by atoms with E-state index in [-0.39, 0.29) is 12.3 Å². The van der Waals surface area contributed by atoms with Gasteiger partial charge < -0.3 is 10.4 Å². The van der Waals surface area contributed by atoms with E-state index in [0.717, 1.165) is 25.7 Å². The molecule has 1 aliphatic rings. The first-order valence-electron chi connectivity index (χ1n) is 5.11. The lowest BCUT2D eigenvalue weighted by molar-refractivity contribution is -0.139. The molecule has 0 spiro atoms. The van der Waals surface area contributed by atoms with Crippen molar-refractivity contribution in [2.75, 3.05) is 0 Å². The summed E-state index contributed by atoms with van der Waals surface area (Å²) >= 11 is 0. The van der Waals surface area contributed by atoms with Gasteiger partial charge in [-0.15, -0.1) is 0 Å². The summed E-state index contributed by atoms with van der Waals surface area (Å²) in [6, 6.07) is 0. The van der Waals surface area contributed by atoms with Crippen LogP contribution in [0.4, 0.5) is 0 Å². The lowest BCUT2D eigenvalue weighted by Crippen LogP contribution is -2.47. The van der Waals surface area contributed by atoms with E-state index in [1.165, 1.54) is 0 Å². The molecule has 1 amide bonds. The van der Waals surface area contributed by atoms with Crippen LogP contribution in [0.25, 0.3) is 0 Å². The number of rotatable bonds is 4. The van der Waals surface area contributed by atoms with Gasteiger partial charge in [-0.05, 0) is 12.8 Å². The molecule has 1 fully saturated rings. The highest BCUT2D eigenvalue weighted by molar-refractivity contribution is 5.78. The molecule has 1 rings (SSSR count). The predicted molar refractivity (Wildman–Crippen MR) is 51.9 cm³/mol. The summed E-state index contributed by atoms with van der Waals surface area (Å²) in [7, 11) is 0. The molecule has 0 bridgehead atoms. The first-order chi connectivity index (χ1) is 6.58. The summed E-state index contributed by atoms with van der Waals surface area (Å²) in [5.41, 5.74) is -0.459. The van der Waals surface area contributed by atoms with E-state index < -0.39 is 11.5 Å². The second-order valence-electron chi connectivity index (χ2n) is 3.96. The Bertz CT molecular complexity index is 232. The van der Waals surface area contributed by atoms with E-state index in [2.05, 4.69) is 5.32 Å². The SMILES string of the molecule is CCC(=O)NC1(CC(=O)O)CCCC1. The maximum Gasteiger partial charge on any atom is 0.305 e. The monoisotopic (exact) mass is 199 g/mol. The Balaban J connectivity index is 2.61. The first kappa shape index (κ1) is 11.0. The minimum Gasteiger partial charge on any atom is -0.481 e. The quantitative estimate of drug-likeness (QED) is 0.717. The summed E-state index contributed by atoms with van der Waals surface area (Å²) in [6.45, 7) is 1.78. The van der Waals surface area contributed by atoms with E-state index in [9.17, 15) is 9.59 Å². The van der Waals surface area contributed by atoms with Gasteiger partial charge in [0.1, 0.15) is 0 Å². The van der Waals surface area contributed by atoms with Crippen molar-refractivity contribution in [3.8, 4) is 0 Å². The number of carboxylic acids is 1. The molecule has 1 aliphatic carbocycles. The second-order valence-corrected chi connectivity index (χ2v) is 3.96. The average Bonchev–Trinajstić information content (AvgIpc) is 2.51. The van der Waals surface area contributed by atoms with Crippen molar-refractivity contribution in [1.29, 1.82) is 0 Å². The van der Waals surface area contributed by atoms with Crippen molar-refractivity contribution < 1.29 is 14.7 Å². The first-order valence-corrected chi connectivity index (χ1v) is 5.11. The van der Waals surface area contributed by atoms with Gasteiger partial charge in [-0.2, -0.15) is 0 Å². The van der Waals surface area contributed by atoms with Crippen molar-refractivity contribution in [3.63, 3.8) is 0 Å². The van der Waals surface area contributed by atoms with E-state index in [0.29, 0.717) is 6.42 Å². The molecular formula is C10H17NO3. The number of aliphatic carboxylic acids is 1. The third-order valence-electron chi connectivity index (χ3n) is 2.78. The Kier molecular flexibility index (Phi) is 3.49. The van der Waals surface area contributed by atoms with Gasteiger partial charge in [0, 0.05) is 6.42 Å². The zero-order valence-corrected chi connectivity index (χ0v) is 8.51. The van der Waals surface area contributed by atoms with Crippen molar-refractivity contribution in [3.05, 3.63) is 0 Å². The van der Waals surface area contributed by atoms with Gasteiger partial charge in [0.15, 0.2) is 0 Å². The summed E-state index contributed by atoms with van der Waals surface area (Å²) in [6.07, 6.45) is 4.09. The van der Waals surface area contributed by atoms with Crippen LogP contribution in [0.2, 0.25) is 0 Å². The Morgan fingerprint density at radius 2 is 1.93 bits per heavy atom. The van der Waals surface area contributed by atoms with Gasteiger partial charge >= 0.3 is 5.97 Å². The molecule has 1 saturated carbocycles. The minimum atomic E-state index is -0.830. The molecule has 80 valence electrons. The molecule has 0 aromatic rings. The molecule has 0 heterocycles. The van der Waals surface area contributed by atoms with Gasteiger partial charge in [-0.25, -0.2) is 0 Å². The third kappa shape index (κ3) is 2.72. The van der Waals surface area contributed by atoms with Gasteiger partial charge in [-0.1, -0.05) is 19.8 Å². The Morgan fingerprint density at radius 1 is 1.36 bits per heavy atom. The Hall–Kier alpha value is -1.06. The topological polar surface area (TPSA) is 66.4 Å². The van der Waals surface area contributed by atoms with Crippen LogP contribution in [-0.4, -0.2) is 22.5 Å².